The Balaban J connectivity index is 2.18. The summed E-state index contributed by atoms with van der Waals surface area (Å²) in [6.45, 7) is -0.267. The molecule has 1 heterocycles. The quantitative estimate of drug-likeness (QED) is 0.732. The maximum Gasteiger partial charge on any atom is 0.0812 e. The van der Waals surface area contributed by atoms with Gasteiger partial charge in [-0.2, -0.15) is 5.10 Å². The first-order chi connectivity index (χ1) is 10.3. The van der Waals surface area contributed by atoms with Crippen molar-refractivity contribution in [1.29, 1.82) is 0 Å². The number of carbonyl (C=O) groups is 1. The van der Waals surface area contributed by atoms with Crippen molar-refractivity contribution in [2.24, 2.45) is 0 Å². The molecule has 0 aliphatic heterocycles. The zero-order chi connectivity index (χ0) is 14.7. The van der Waals surface area contributed by atoms with Crippen LogP contribution in [0.5, 0.6) is 0 Å². The van der Waals surface area contributed by atoms with Crippen molar-refractivity contribution in [2.45, 2.75) is 6.54 Å². The van der Waals surface area contributed by atoms with Crippen molar-refractivity contribution >= 4 is 5.97 Å². The van der Waals surface area contributed by atoms with Crippen LogP contribution < -0.4 is 5.11 Å². The van der Waals surface area contributed by atoms with Gasteiger partial charge in [0.25, 0.3) is 0 Å². The lowest BCUT2D eigenvalue weighted by Crippen LogP contribution is -2.28. The number of carbonyl (C=O) groups excluding carboxylic acids is 1. The first-order valence-corrected chi connectivity index (χ1v) is 6.62. The van der Waals surface area contributed by atoms with Gasteiger partial charge in [-0.1, -0.05) is 60.7 Å². The summed E-state index contributed by atoms with van der Waals surface area (Å²) in [6, 6.07) is 19.4. The average Bonchev–Trinajstić information content (AvgIpc) is 2.92. The normalized spacial score (nSPS) is 10.5. The Morgan fingerprint density at radius 1 is 0.952 bits per heavy atom. The number of carboxylic acids is 1. The van der Waals surface area contributed by atoms with Crippen LogP contribution in [0.3, 0.4) is 0 Å². The van der Waals surface area contributed by atoms with Gasteiger partial charge in [-0.3, -0.25) is 4.68 Å². The molecule has 1 aromatic heterocycles. The van der Waals surface area contributed by atoms with Gasteiger partial charge in [-0.05, 0) is 5.56 Å². The third-order valence-electron chi connectivity index (χ3n) is 3.25. The van der Waals surface area contributed by atoms with E-state index in [9.17, 15) is 9.90 Å². The zero-order valence-corrected chi connectivity index (χ0v) is 11.3. The fourth-order valence-corrected chi connectivity index (χ4v) is 2.36. The van der Waals surface area contributed by atoms with Crippen molar-refractivity contribution in [3.8, 4) is 22.4 Å². The van der Waals surface area contributed by atoms with Gasteiger partial charge in [0.05, 0.1) is 24.4 Å². The molecule has 0 saturated heterocycles. The summed E-state index contributed by atoms with van der Waals surface area (Å²) in [6.07, 6.45) is 1.70. The summed E-state index contributed by atoms with van der Waals surface area (Å²) in [5, 5.41) is 15.1. The minimum absolute atomic E-state index is 0.267. The average molecular weight is 277 g/mol. The third kappa shape index (κ3) is 2.69. The molecular formula is C17H13N2O2-. The van der Waals surface area contributed by atoms with Crippen LogP contribution >= 0.6 is 0 Å². The fourth-order valence-electron chi connectivity index (χ4n) is 2.36. The maximum atomic E-state index is 10.9. The van der Waals surface area contributed by atoms with E-state index in [1.54, 1.807) is 6.20 Å². The van der Waals surface area contributed by atoms with E-state index in [2.05, 4.69) is 5.10 Å². The van der Waals surface area contributed by atoms with E-state index in [1.807, 2.05) is 60.7 Å². The molecule has 0 aliphatic carbocycles. The van der Waals surface area contributed by atoms with Crippen LogP contribution in [0.15, 0.2) is 66.9 Å². The molecule has 4 heteroatoms. The van der Waals surface area contributed by atoms with Crippen LogP contribution in [0.25, 0.3) is 22.4 Å². The van der Waals surface area contributed by atoms with Crippen molar-refractivity contribution in [1.82, 2.24) is 9.78 Å². The molecule has 21 heavy (non-hydrogen) atoms. The van der Waals surface area contributed by atoms with Crippen LogP contribution in [0.1, 0.15) is 0 Å². The molecule has 0 radical (unpaired) electrons. The molecule has 0 saturated carbocycles. The highest BCUT2D eigenvalue weighted by Crippen LogP contribution is 2.31. The molecule has 0 spiro atoms. The van der Waals surface area contributed by atoms with Crippen molar-refractivity contribution < 1.29 is 9.90 Å². The molecule has 0 N–H and O–H groups in total. The number of nitrogens with zero attached hydrogens (tertiary/aromatic N) is 2. The minimum Gasteiger partial charge on any atom is -0.548 e. The van der Waals surface area contributed by atoms with E-state index in [-0.39, 0.29) is 6.54 Å². The topological polar surface area (TPSA) is 57.9 Å². The smallest absolute Gasteiger partial charge is 0.0812 e. The largest absolute Gasteiger partial charge is 0.548 e. The molecule has 4 nitrogen and oxygen atoms in total. The van der Waals surface area contributed by atoms with Gasteiger partial charge < -0.3 is 9.90 Å². The van der Waals surface area contributed by atoms with Crippen molar-refractivity contribution in [3.63, 3.8) is 0 Å². The van der Waals surface area contributed by atoms with E-state index in [0.717, 1.165) is 22.4 Å². The number of aromatic nitrogens is 2. The predicted molar refractivity (Wildman–Crippen MR) is 78.1 cm³/mol. The molecular weight excluding hydrogens is 264 g/mol. The van der Waals surface area contributed by atoms with Crippen LogP contribution in [0.4, 0.5) is 0 Å². The Labute approximate surface area is 122 Å². The zero-order valence-electron chi connectivity index (χ0n) is 11.3. The van der Waals surface area contributed by atoms with Crippen molar-refractivity contribution in [3.05, 3.63) is 66.9 Å². The molecule has 2 aromatic carbocycles. The summed E-state index contributed by atoms with van der Waals surface area (Å²) >= 11 is 0. The third-order valence-corrected chi connectivity index (χ3v) is 3.25. The molecule has 0 unspecified atom stereocenters. The van der Waals surface area contributed by atoms with E-state index in [0.29, 0.717) is 0 Å². The maximum absolute atomic E-state index is 10.9. The van der Waals surface area contributed by atoms with Gasteiger partial charge in [0.1, 0.15) is 0 Å². The Bertz CT molecular complexity index is 749. The highest BCUT2D eigenvalue weighted by Gasteiger charge is 2.14. The fraction of sp³-hybridized carbons (Fsp3) is 0.0588. The van der Waals surface area contributed by atoms with Crippen molar-refractivity contribution in [2.75, 3.05) is 0 Å². The summed E-state index contributed by atoms with van der Waals surface area (Å²) in [5.74, 6) is -1.16. The van der Waals surface area contributed by atoms with E-state index in [1.165, 1.54) is 4.68 Å². The van der Waals surface area contributed by atoms with Gasteiger partial charge in [-0.25, -0.2) is 0 Å². The molecule has 0 atom stereocenters. The Morgan fingerprint density at radius 3 is 2.10 bits per heavy atom. The van der Waals surface area contributed by atoms with Gasteiger partial charge in [0, 0.05) is 11.1 Å². The first-order valence-electron chi connectivity index (χ1n) is 6.62. The molecule has 3 rings (SSSR count). The number of hydrogen-bond acceptors (Lipinski definition) is 3. The van der Waals surface area contributed by atoms with Gasteiger partial charge >= 0.3 is 0 Å². The summed E-state index contributed by atoms with van der Waals surface area (Å²) in [5.41, 5.74) is 3.62. The van der Waals surface area contributed by atoms with E-state index in [4.69, 9.17) is 0 Å². The second-order valence-electron chi connectivity index (χ2n) is 4.67. The first kappa shape index (κ1) is 13.1. The number of rotatable bonds is 4. The lowest BCUT2D eigenvalue weighted by molar-refractivity contribution is -0.306. The minimum atomic E-state index is -1.16. The van der Waals surface area contributed by atoms with Gasteiger partial charge in [0.15, 0.2) is 0 Å². The van der Waals surface area contributed by atoms with Gasteiger partial charge in [0.2, 0.25) is 0 Å². The van der Waals surface area contributed by atoms with Crippen LogP contribution in [0, 0.1) is 0 Å². The predicted octanol–water partition coefficient (Wildman–Crippen LogP) is 1.97. The summed E-state index contributed by atoms with van der Waals surface area (Å²) in [4.78, 5) is 10.9. The SMILES string of the molecule is O=C([O-])Cn1ncc(-c2ccccc2)c1-c1ccccc1. The highest BCUT2D eigenvalue weighted by molar-refractivity contribution is 5.81. The molecule has 0 aliphatic rings. The van der Waals surface area contributed by atoms with E-state index >= 15 is 0 Å². The van der Waals surface area contributed by atoms with Crippen LogP contribution in [-0.2, 0) is 11.3 Å². The molecule has 0 amide bonds. The monoisotopic (exact) mass is 277 g/mol. The second kappa shape index (κ2) is 5.63. The standard InChI is InChI=1S/C17H14N2O2/c20-16(21)12-19-17(14-9-5-2-6-10-14)15(11-18-19)13-7-3-1-4-8-13/h1-11H,12H2,(H,20,21)/p-1. The Morgan fingerprint density at radius 2 is 1.52 bits per heavy atom. The van der Waals surface area contributed by atoms with E-state index < -0.39 is 5.97 Å². The number of hydrogen-bond donors (Lipinski definition) is 0. The number of carboxylic acid groups (broad SMARTS) is 1. The molecule has 0 fully saturated rings. The lowest BCUT2D eigenvalue weighted by Gasteiger charge is -2.10. The highest BCUT2D eigenvalue weighted by atomic mass is 16.4. The Hall–Kier alpha value is -2.88. The van der Waals surface area contributed by atoms with Crippen LogP contribution in [-0.4, -0.2) is 15.7 Å². The Kier molecular flexibility index (Phi) is 3.51. The summed E-state index contributed by atoms with van der Waals surface area (Å²) < 4.78 is 1.47. The molecule has 3 aromatic rings. The molecule has 104 valence electrons. The van der Waals surface area contributed by atoms with Crippen LogP contribution in [0.2, 0.25) is 0 Å². The molecule has 0 bridgehead atoms. The van der Waals surface area contributed by atoms with Gasteiger partial charge in [-0.15, -0.1) is 0 Å². The summed E-state index contributed by atoms with van der Waals surface area (Å²) in [7, 11) is 0. The number of aliphatic carboxylic acids is 1. The second-order valence-corrected chi connectivity index (χ2v) is 4.67. The lowest BCUT2D eigenvalue weighted by atomic mass is 10.0. The number of benzene rings is 2.